The molecule has 0 aliphatic heterocycles. The van der Waals surface area contributed by atoms with E-state index in [4.69, 9.17) is 5.26 Å². The molecule has 2 atom stereocenters. The van der Waals surface area contributed by atoms with Crippen LogP contribution in [0.2, 0.25) is 0 Å². The van der Waals surface area contributed by atoms with Crippen molar-refractivity contribution in [2.75, 3.05) is 6.54 Å². The fourth-order valence-corrected chi connectivity index (χ4v) is 1.79. The molecule has 0 saturated heterocycles. The minimum atomic E-state index is 0.267. The van der Waals surface area contributed by atoms with Crippen molar-refractivity contribution in [1.82, 2.24) is 5.32 Å². The highest BCUT2D eigenvalue weighted by Crippen LogP contribution is 2.23. The van der Waals surface area contributed by atoms with Gasteiger partial charge in [0, 0.05) is 6.04 Å². The maximum absolute atomic E-state index is 8.80. The maximum Gasteiger partial charge on any atom is 0.0672 e. The molecule has 2 unspecified atom stereocenters. The van der Waals surface area contributed by atoms with Crippen LogP contribution in [0.4, 0.5) is 0 Å². The van der Waals surface area contributed by atoms with E-state index in [1.165, 1.54) is 19.3 Å². The molecule has 0 aromatic rings. The average molecular weight is 152 g/mol. The molecule has 1 aliphatic carbocycles. The molecule has 0 aromatic carbocycles. The third-order valence-electron chi connectivity index (χ3n) is 2.40. The fraction of sp³-hybridized carbons (Fsp3) is 0.889. The Morgan fingerprint density at radius 1 is 1.45 bits per heavy atom. The second kappa shape index (κ2) is 4.35. The van der Waals surface area contributed by atoms with Crippen molar-refractivity contribution >= 4 is 0 Å². The highest BCUT2D eigenvalue weighted by atomic mass is 14.9. The van der Waals surface area contributed by atoms with Crippen LogP contribution in [-0.2, 0) is 0 Å². The van der Waals surface area contributed by atoms with E-state index in [9.17, 15) is 0 Å². The molecule has 1 saturated carbocycles. The van der Waals surface area contributed by atoms with Gasteiger partial charge in [-0.1, -0.05) is 19.8 Å². The molecule has 1 N–H and O–H groups in total. The Balaban J connectivity index is 2.39. The van der Waals surface area contributed by atoms with E-state index in [0.29, 0.717) is 6.04 Å². The Kier molecular flexibility index (Phi) is 3.38. The van der Waals surface area contributed by atoms with Gasteiger partial charge in [0.05, 0.1) is 12.0 Å². The summed E-state index contributed by atoms with van der Waals surface area (Å²) in [6, 6.07) is 2.85. The monoisotopic (exact) mass is 152 g/mol. The molecule has 2 heteroatoms. The molecular weight excluding hydrogens is 136 g/mol. The Hall–Kier alpha value is -0.550. The lowest BCUT2D eigenvalue weighted by atomic mass is 9.85. The van der Waals surface area contributed by atoms with Gasteiger partial charge in [0.15, 0.2) is 0 Å². The fourth-order valence-electron chi connectivity index (χ4n) is 1.79. The first-order valence-corrected chi connectivity index (χ1v) is 4.51. The summed E-state index contributed by atoms with van der Waals surface area (Å²) in [5, 5.41) is 12.2. The molecular formula is C9H16N2. The van der Waals surface area contributed by atoms with Crippen LogP contribution in [0.25, 0.3) is 0 Å². The first-order valence-electron chi connectivity index (χ1n) is 4.51. The summed E-state index contributed by atoms with van der Waals surface area (Å²) in [7, 11) is 0. The second-order valence-electron chi connectivity index (χ2n) is 3.18. The van der Waals surface area contributed by atoms with Crippen molar-refractivity contribution in [2.45, 2.75) is 38.6 Å². The predicted molar refractivity (Wildman–Crippen MR) is 45.0 cm³/mol. The van der Waals surface area contributed by atoms with Crippen LogP contribution in [0.3, 0.4) is 0 Å². The Bertz CT molecular complexity index is 146. The highest BCUT2D eigenvalue weighted by molar-refractivity contribution is 4.94. The van der Waals surface area contributed by atoms with Gasteiger partial charge in [-0.25, -0.2) is 0 Å². The standard InChI is InChI=1S/C9H16N2/c1-2-11-9-6-4-3-5-8(9)7-10/h8-9,11H,2-6H2,1H3. The smallest absolute Gasteiger partial charge is 0.0672 e. The second-order valence-corrected chi connectivity index (χ2v) is 3.18. The molecule has 0 spiro atoms. The summed E-state index contributed by atoms with van der Waals surface area (Å²) < 4.78 is 0. The van der Waals surface area contributed by atoms with Gasteiger partial charge in [0.1, 0.15) is 0 Å². The minimum absolute atomic E-state index is 0.267. The molecule has 0 aromatic heterocycles. The normalized spacial score (nSPS) is 31.3. The van der Waals surface area contributed by atoms with Crippen molar-refractivity contribution in [3.8, 4) is 6.07 Å². The van der Waals surface area contributed by atoms with Crippen molar-refractivity contribution < 1.29 is 0 Å². The van der Waals surface area contributed by atoms with Crippen molar-refractivity contribution in [1.29, 1.82) is 5.26 Å². The zero-order valence-corrected chi connectivity index (χ0v) is 7.14. The first kappa shape index (κ1) is 8.55. The van der Waals surface area contributed by atoms with Gasteiger partial charge in [-0.15, -0.1) is 0 Å². The van der Waals surface area contributed by atoms with E-state index in [1.807, 2.05) is 0 Å². The van der Waals surface area contributed by atoms with Crippen molar-refractivity contribution in [2.24, 2.45) is 5.92 Å². The van der Waals surface area contributed by atoms with Gasteiger partial charge in [-0.05, 0) is 19.4 Å². The predicted octanol–water partition coefficient (Wildman–Crippen LogP) is 1.68. The number of nitrogens with zero attached hydrogens (tertiary/aromatic N) is 1. The lowest BCUT2D eigenvalue weighted by Gasteiger charge is -2.26. The third kappa shape index (κ3) is 2.20. The highest BCUT2D eigenvalue weighted by Gasteiger charge is 2.23. The average Bonchev–Trinajstić information content (AvgIpc) is 2.06. The molecule has 0 radical (unpaired) electrons. The van der Waals surface area contributed by atoms with E-state index < -0.39 is 0 Å². The van der Waals surface area contributed by atoms with Gasteiger partial charge in [-0.2, -0.15) is 5.26 Å². The summed E-state index contributed by atoms with van der Waals surface area (Å²) in [5.74, 6) is 0.267. The van der Waals surface area contributed by atoms with Gasteiger partial charge in [0.2, 0.25) is 0 Å². The van der Waals surface area contributed by atoms with Gasteiger partial charge in [0.25, 0.3) is 0 Å². The zero-order chi connectivity index (χ0) is 8.10. The third-order valence-corrected chi connectivity index (χ3v) is 2.40. The summed E-state index contributed by atoms with van der Waals surface area (Å²) >= 11 is 0. The van der Waals surface area contributed by atoms with Crippen LogP contribution in [0, 0.1) is 17.2 Å². The van der Waals surface area contributed by atoms with E-state index in [0.717, 1.165) is 13.0 Å². The topological polar surface area (TPSA) is 35.8 Å². The maximum atomic E-state index is 8.80. The molecule has 62 valence electrons. The van der Waals surface area contributed by atoms with E-state index in [1.54, 1.807) is 0 Å². The van der Waals surface area contributed by atoms with Crippen LogP contribution in [0.5, 0.6) is 0 Å². The van der Waals surface area contributed by atoms with Gasteiger partial charge in [-0.3, -0.25) is 0 Å². The molecule has 0 heterocycles. The molecule has 0 bridgehead atoms. The first-order chi connectivity index (χ1) is 5.38. The molecule has 11 heavy (non-hydrogen) atoms. The quantitative estimate of drug-likeness (QED) is 0.653. The molecule has 0 amide bonds. The Morgan fingerprint density at radius 3 is 2.82 bits per heavy atom. The Labute approximate surface area is 68.6 Å². The lowest BCUT2D eigenvalue weighted by molar-refractivity contribution is 0.317. The number of nitrogens with one attached hydrogen (secondary N) is 1. The van der Waals surface area contributed by atoms with Crippen LogP contribution < -0.4 is 5.32 Å². The van der Waals surface area contributed by atoms with Gasteiger partial charge < -0.3 is 5.32 Å². The van der Waals surface area contributed by atoms with Gasteiger partial charge >= 0.3 is 0 Å². The van der Waals surface area contributed by atoms with E-state index in [2.05, 4.69) is 18.3 Å². The molecule has 2 nitrogen and oxygen atoms in total. The van der Waals surface area contributed by atoms with Crippen LogP contribution >= 0.6 is 0 Å². The molecule has 1 rings (SSSR count). The molecule has 1 fully saturated rings. The zero-order valence-electron chi connectivity index (χ0n) is 7.14. The van der Waals surface area contributed by atoms with Crippen LogP contribution in [0.15, 0.2) is 0 Å². The summed E-state index contributed by atoms with van der Waals surface area (Å²) in [4.78, 5) is 0. The number of hydrogen-bond acceptors (Lipinski definition) is 2. The molecule has 1 aliphatic rings. The minimum Gasteiger partial charge on any atom is -0.313 e. The number of hydrogen-bond donors (Lipinski definition) is 1. The van der Waals surface area contributed by atoms with E-state index >= 15 is 0 Å². The SMILES string of the molecule is CCNC1CCCCC1C#N. The number of rotatable bonds is 2. The largest absolute Gasteiger partial charge is 0.313 e. The summed E-state index contributed by atoms with van der Waals surface area (Å²) in [6.45, 7) is 3.09. The number of nitriles is 1. The van der Waals surface area contributed by atoms with Crippen LogP contribution in [0.1, 0.15) is 32.6 Å². The summed E-state index contributed by atoms with van der Waals surface area (Å²) in [5.41, 5.74) is 0. The van der Waals surface area contributed by atoms with Crippen LogP contribution in [-0.4, -0.2) is 12.6 Å². The summed E-state index contributed by atoms with van der Waals surface area (Å²) in [6.07, 6.45) is 4.80. The lowest BCUT2D eigenvalue weighted by Crippen LogP contribution is -2.37. The van der Waals surface area contributed by atoms with Crippen molar-refractivity contribution in [3.63, 3.8) is 0 Å². The van der Waals surface area contributed by atoms with E-state index in [-0.39, 0.29) is 5.92 Å². The van der Waals surface area contributed by atoms with Crippen molar-refractivity contribution in [3.05, 3.63) is 0 Å². The Morgan fingerprint density at radius 2 is 2.18 bits per heavy atom.